The zero-order valence-electron chi connectivity index (χ0n) is 42.7. The van der Waals surface area contributed by atoms with Crippen molar-refractivity contribution in [1.29, 1.82) is 0 Å². The van der Waals surface area contributed by atoms with Crippen LogP contribution in [0.15, 0.2) is 121 Å². The SMILES string of the molecule is COc1cc(OC)c2c(c1)O[C@H](c1ccc(OC)c(Oc3cc([C@H]4Oc5cc(OC)cc(OC)c5C[C@@H]4OC(=O)[C@@](OC)(c4ccccc4)C(F)(F)F)ccc3OC)c1)[C@@H](OC(=O)[C@@](OC)(c1ccccc1)C(F)(F)F)C2. The molecule has 0 aromatic heterocycles. The van der Waals surface area contributed by atoms with Gasteiger partial charge in [0.15, 0.2) is 35.2 Å². The molecule has 2 heterocycles. The van der Waals surface area contributed by atoms with Crippen molar-refractivity contribution in [3.63, 3.8) is 0 Å². The van der Waals surface area contributed by atoms with Gasteiger partial charge in [-0.2, -0.15) is 26.3 Å². The van der Waals surface area contributed by atoms with Crippen molar-refractivity contribution in [2.45, 2.75) is 60.8 Å². The second-order valence-corrected chi connectivity index (χ2v) is 17.4. The first-order valence-electron chi connectivity index (χ1n) is 23.5. The van der Waals surface area contributed by atoms with E-state index >= 15 is 26.3 Å². The van der Waals surface area contributed by atoms with Gasteiger partial charge in [0, 0.05) is 84.7 Å². The standard InChI is InChI=1S/C56H52F6O15/c1-65-35-25-41(69-5)37-29-47(76-51(63)53(71-7,55(57,58)59)33-15-11-9-12-16-33)49(74-43(37)27-35)31-19-21-39(67-3)45(23-31)73-46-24-32(20-22-40(46)68-4)50-48(30-38-42(70-6)26-36(66-2)28-44(38)75-50)77-52(64)54(72-8,56(60,61)62)34-17-13-10-14-18-34/h9-28,47-50H,29-30H2,1-8H3/t47-,48-,49+,50+,53-,54-/m0/s1. The lowest BCUT2D eigenvalue weighted by Crippen LogP contribution is -2.53. The van der Waals surface area contributed by atoms with Crippen LogP contribution in [0.2, 0.25) is 0 Å². The molecule has 21 heteroatoms. The lowest BCUT2D eigenvalue weighted by molar-refractivity contribution is -0.280. The Labute approximate surface area is 438 Å². The molecule has 0 unspecified atom stereocenters. The topological polar surface area (TPSA) is 154 Å². The number of fused-ring (bicyclic) bond motifs is 2. The Morgan fingerprint density at radius 3 is 1.12 bits per heavy atom. The average molecular weight is 1080 g/mol. The van der Waals surface area contributed by atoms with E-state index in [0.717, 1.165) is 38.5 Å². The lowest BCUT2D eigenvalue weighted by atomic mass is 9.91. The molecule has 8 rings (SSSR count). The number of hydrogen-bond donors (Lipinski definition) is 0. The van der Waals surface area contributed by atoms with E-state index in [1.165, 1.54) is 115 Å². The molecule has 0 radical (unpaired) electrons. The van der Waals surface area contributed by atoms with Gasteiger partial charge in [-0.3, -0.25) is 0 Å². The Morgan fingerprint density at radius 1 is 0.442 bits per heavy atom. The van der Waals surface area contributed by atoms with E-state index in [0.29, 0.717) is 22.6 Å². The molecule has 6 aromatic rings. The molecule has 6 atom stereocenters. The molecule has 15 nitrogen and oxygen atoms in total. The van der Waals surface area contributed by atoms with Crippen LogP contribution in [-0.2, 0) is 52.6 Å². The van der Waals surface area contributed by atoms with Gasteiger partial charge < -0.3 is 61.6 Å². The predicted octanol–water partition coefficient (Wildman–Crippen LogP) is 10.9. The Morgan fingerprint density at radius 2 is 0.805 bits per heavy atom. The van der Waals surface area contributed by atoms with Gasteiger partial charge in [-0.25, -0.2) is 9.59 Å². The van der Waals surface area contributed by atoms with Gasteiger partial charge in [0.25, 0.3) is 11.2 Å². The number of esters is 2. The van der Waals surface area contributed by atoms with Crippen molar-refractivity contribution in [3.05, 3.63) is 155 Å². The Bertz CT molecular complexity index is 2880. The highest BCUT2D eigenvalue weighted by atomic mass is 19.4. The molecular formula is C56H52F6O15. The minimum Gasteiger partial charge on any atom is -0.496 e. The van der Waals surface area contributed by atoms with E-state index < -0.39 is 71.0 Å². The maximum atomic E-state index is 15.2. The molecule has 0 aliphatic carbocycles. The van der Waals surface area contributed by atoms with Gasteiger partial charge in [0.2, 0.25) is 0 Å². The van der Waals surface area contributed by atoms with Crippen molar-refractivity contribution in [1.82, 2.24) is 0 Å². The molecule has 6 aromatic carbocycles. The highest BCUT2D eigenvalue weighted by molar-refractivity contribution is 5.84. The maximum Gasteiger partial charge on any atom is 0.432 e. The summed E-state index contributed by atoms with van der Waals surface area (Å²) < 4.78 is 167. The highest BCUT2D eigenvalue weighted by Gasteiger charge is 2.66. The van der Waals surface area contributed by atoms with Crippen molar-refractivity contribution < 1.29 is 97.5 Å². The lowest BCUT2D eigenvalue weighted by Gasteiger charge is -2.38. The van der Waals surface area contributed by atoms with E-state index in [2.05, 4.69) is 0 Å². The third kappa shape index (κ3) is 10.2. The average Bonchev–Trinajstić information content (AvgIpc) is 3.42. The molecule has 0 saturated carbocycles. The van der Waals surface area contributed by atoms with Gasteiger partial charge >= 0.3 is 24.3 Å². The molecule has 0 spiro atoms. The first-order valence-corrected chi connectivity index (χ1v) is 23.5. The minimum absolute atomic E-state index is 0.0285. The van der Waals surface area contributed by atoms with Crippen LogP contribution in [0.5, 0.6) is 57.5 Å². The van der Waals surface area contributed by atoms with E-state index in [9.17, 15) is 9.59 Å². The third-order valence-corrected chi connectivity index (χ3v) is 13.3. The zero-order chi connectivity index (χ0) is 55.5. The summed E-state index contributed by atoms with van der Waals surface area (Å²) in [7, 11) is 9.79. The van der Waals surface area contributed by atoms with E-state index in [1.807, 2.05) is 0 Å². The monoisotopic (exact) mass is 1080 g/mol. The third-order valence-electron chi connectivity index (χ3n) is 13.3. The normalized spacial score (nSPS) is 18.5. The number of benzene rings is 6. The number of carbonyl (C=O) groups is 2. The van der Waals surface area contributed by atoms with Crippen LogP contribution >= 0.6 is 0 Å². The number of rotatable bonds is 18. The molecule has 77 heavy (non-hydrogen) atoms. The number of hydrogen-bond acceptors (Lipinski definition) is 15. The van der Waals surface area contributed by atoms with E-state index in [1.54, 1.807) is 24.3 Å². The maximum absolute atomic E-state index is 15.2. The summed E-state index contributed by atoms with van der Waals surface area (Å²) in [6.45, 7) is 0. The first-order chi connectivity index (χ1) is 36.8. The molecule has 2 aliphatic heterocycles. The largest absolute Gasteiger partial charge is 0.496 e. The summed E-state index contributed by atoms with van der Waals surface area (Å²) in [6.07, 6.45) is -16.8. The molecule has 0 saturated heterocycles. The highest BCUT2D eigenvalue weighted by Crippen LogP contribution is 2.51. The Hall–Kier alpha value is -8.04. The Kier molecular flexibility index (Phi) is 16.0. The molecule has 0 bridgehead atoms. The van der Waals surface area contributed by atoms with Crippen molar-refractivity contribution in [2.24, 2.45) is 0 Å². The zero-order valence-corrected chi connectivity index (χ0v) is 42.7. The number of methoxy groups -OCH3 is 8. The molecular weight excluding hydrogens is 1030 g/mol. The van der Waals surface area contributed by atoms with Crippen LogP contribution in [0.3, 0.4) is 0 Å². The second kappa shape index (κ2) is 22.3. The summed E-state index contributed by atoms with van der Waals surface area (Å²) in [6, 6.07) is 27.7. The number of halogens is 6. The van der Waals surface area contributed by atoms with E-state index in [4.69, 9.17) is 61.6 Å². The quantitative estimate of drug-likeness (QED) is 0.0592. The molecule has 2 aliphatic rings. The summed E-state index contributed by atoms with van der Waals surface area (Å²) in [5.74, 6) is -1.89. The fraction of sp³-hybridized carbons (Fsp3) is 0.321. The van der Waals surface area contributed by atoms with Crippen LogP contribution < -0.4 is 42.6 Å². The van der Waals surface area contributed by atoms with Crippen molar-refractivity contribution >= 4 is 11.9 Å². The van der Waals surface area contributed by atoms with Gasteiger partial charge in [-0.15, -0.1) is 0 Å². The summed E-state index contributed by atoms with van der Waals surface area (Å²) in [4.78, 5) is 28.5. The van der Waals surface area contributed by atoms with Crippen molar-refractivity contribution in [2.75, 3.05) is 56.9 Å². The summed E-state index contributed by atoms with van der Waals surface area (Å²) in [5, 5.41) is 0. The van der Waals surface area contributed by atoms with E-state index in [-0.39, 0.29) is 70.0 Å². The van der Waals surface area contributed by atoms with Crippen molar-refractivity contribution in [3.8, 4) is 57.5 Å². The van der Waals surface area contributed by atoms with Crippen LogP contribution in [0.25, 0.3) is 0 Å². The molecule has 0 fully saturated rings. The van der Waals surface area contributed by atoms with Gasteiger partial charge in [-0.1, -0.05) is 72.8 Å². The van der Waals surface area contributed by atoms with Crippen LogP contribution in [0.4, 0.5) is 26.3 Å². The van der Waals surface area contributed by atoms with Gasteiger partial charge in [-0.05, 0) is 24.3 Å². The fourth-order valence-electron chi connectivity index (χ4n) is 9.45. The fourth-order valence-corrected chi connectivity index (χ4v) is 9.45. The number of ether oxygens (including phenoxy) is 13. The predicted molar refractivity (Wildman–Crippen MR) is 261 cm³/mol. The minimum atomic E-state index is -5.31. The first kappa shape index (κ1) is 55.2. The smallest absolute Gasteiger partial charge is 0.432 e. The van der Waals surface area contributed by atoms with Crippen LogP contribution in [-0.4, -0.2) is 93.4 Å². The molecule has 408 valence electrons. The number of alkyl halides is 6. The van der Waals surface area contributed by atoms with Gasteiger partial charge in [0.1, 0.15) is 46.7 Å². The summed E-state index contributed by atoms with van der Waals surface area (Å²) >= 11 is 0. The molecule has 0 amide bonds. The second-order valence-electron chi connectivity index (χ2n) is 17.4. The van der Waals surface area contributed by atoms with Crippen LogP contribution in [0, 0.1) is 0 Å². The summed E-state index contributed by atoms with van der Waals surface area (Å²) in [5.41, 5.74) is -7.07. The Balaban J connectivity index is 1.21. The van der Waals surface area contributed by atoms with Gasteiger partial charge in [0.05, 0.1) is 42.7 Å². The molecule has 0 N–H and O–H groups in total. The van der Waals surface area contributed by atoms with Crippen LogP contribution in [0.1, 0.15) is 45.6 Å². The number of carbonyl (C=O) groups excluding carboxylic acids is 2.